The van der Waals surface area contributed by atoms with E-state index in [9.17, 15) is 9.18 Å². The Hall–Kier alpha value is -2.19. The van der Waals surface area contributed by atoms with Crippen molar-refractivity contribution in [1.29, 1.82) is 0 Å². The number of carbonyl (C=O) groups excluding carboxylic acids is 1. The monoisotopic (exact) mass is 447 g/mol. The molecule has 1 saturated heterocycles. The maximum Gasteiger partial charge on any atom is 0.224 e. The zero-order valence-corrected chi connectivity index (χ0v) is 18.6. The second kappa shape index (κ2) is 11.3. The molecule has 1 N–H and O–H groups in total. The van der Waals surface area contributed by atoms with Crippen LogP contribution < -0.4 is 10.1 Å². The molecule has 8 heteroatoms. The Morgan fingerprint density at radius 2 is 2.10 bits per heavy atom. The highest BCUT2D eigenvalue weighted by Crippen LogP contribution is 2.26. The van der Waals surface area contributed by atoms with Gasteiger partial charge < -0.3 is 15.0 Å². The second-order valence-corrected chi connectivity index (χ2v) is 9.18. The highest BCUT2D eigenvalue weighted by atomic mass is 32.2. The van der Waals surface area contributed by atoms with E-state index in [1.807, 2.05) is 11.0 Å². The molecular formula is C22H26FN3O2S2. The summed E-state index contributed by atoms with van der Waals surface area (Å²) in [6, 6.07) is 9.41. The quantitative estimate of drug-likeness (QED) is 0.435. The molecule has 30 heavy (non-hydrogen) atoms. The molecule has 0 saturated carbocycles. The van der Waals surface area contributed by atoms with E-state index in [0.717, 1.165) is 22.8 Å². The molecular weight excluding hydrogens is 421 g/mol. The van der Waals surface area contributed by atoms with Crippen LogP contribution in [0.5, 0.6) is 11.6 Å². The van der Waals surface area contributed by atoms with Gasteiger partial charge in [0, 0.05) is 43.6 Å². The van der Waals surface area contributed by atoms with Gasteiger partial charge in [0.25, 0.3) is 0 Å². The first kappa shape index (κ1) is 22.5. The molecule has 0 spiro atoms. The minimum Gasteiger partial charge on any atom is -0.439 e. The van der Waals surface area contributed by atoms with E-state index in [4.69, 9.17) is 17.0 Å². The lowest BCUT2D eigenvalue weighted by molar-refractivity contribution is -0.128. The average molecular weight is 448 g/mol. The third kappa shape index (κ3) is 6.95. The molecule has 3 rings (SSSR count). The SMILES string of the molecule is CCCCCNC(=S)S[C@@H]1CC(=O)N(Cc2ccc(Oc3ccc(F)cc3)nc2)C1. The fourth-order valence-electron chi connectivity index (χ4n) is 3.13. The Bertz CT molecular complexity index is 846. The first-order valence-electron chi connectivity index (χ1n) is 10.1. The van der Waals surface area contributed by atoms with Gasteiger partial charge in [-0.3, -0.25) is 4.79 Å². The molecule has 2 aromatic rings. The van der Waals surface area contributed by atoms with Crippen molar-refractivity contribution in [1.82, 2.24) is 15.2 Å². The standard InChI is InChI=1S/C22H26FN3O2S2/c1-2-3-4-11-24-22(29)30-19-12-21(27)26(15-19)14-16-5-10-20(25-13-16)28-18-8-6-17(23)7-9-18/h5-10,13,19H,2-4,11-12,14-15H2,1H3,(H,24,29)/t19-/m1/s1. The largest absolute Gasteiger partial charge is 0.439 e. The average Bonchev–Trinajstić information content (AvgIpc) is 3.07. The number of carbonyl (C=O) groups is 1. The molecule has 2 heterocycles. The minimum atomic E-state index is -0.314. The zero-order valence-electron chi connectivity index (χ0n) is 17.0. The van der Waals surface area contributed by atoms with Crippen LogP contribution in [0.15, 0.2) is 42.6 Å². The Kier molecular flexibility index (Phi) is 8.45. The number of likely N-dealkylation sites (tertiary alicyclic amines) is 1. The van der Waals surface area contributed by atoms with Crippen LogP contribution in [0.25, 0.3) is 0 Å². The lowest BCUT2D eigenvalue weighted by atomic mass is 10.2. The highest BCUT2D eigenvalue weighted by Gasteiger charge is 2.30. The number of unbranched alkanes of at least 4 members (excludes halogenated alkanes) is 2. The van der Waals surface area contributed by atoms with Crippen molar-refractivity contribution in [3.8, 4) is 11.6 Å². The number of hydrogen-bond acceptors (Lipinski definition) is 5. The van der Waals surface area contributed by atoms with E-state index in [0.29, 0.717) is 31.1 Å². The van der Waals surface area contributed by atoms with Gasteiger partial charge >= 0.3 is 0 Å². The van der Waals surface area contributed by atoms with Crippen molar-refractivity contribution < 1.29 is 13.9 Å². The molecule has 1 aliphatic heterocycles. The maximum atomic E-state index is 13.0. The molecule has 1 atom stereocenters. The van der Waals surface area contributed by atoms with Crippen molar-refractivity contribution in [2.45, 2.75) is 44.4 Å². The topological polar surface area (TPSA) is 54.5 Å². The van der Waals surface area contributed by atoms with Crippen molar-refractivity contribution in [3.05, 3.63) is 54.0 Å². The van der Waals surface area contributed by atoms with Gasteiger partial charge in [-0.15, -0.1) is 0 Å². The van der Waals surface area contributed by atoms with E-state index in [1.54, 1.807) is 36.2 Å². The molecule has 0 aliphatic carbocycles. The van der Waals surface area contributed by atoms with Crippen molar-refractivity contribution >= 4 is 34.2 Å². The number of nitrogens with one attached hydrogen (secondary N) is 1. The van der Waals surface area contributed by atoms with Crippen molar-refractivity contribution in [2.24, 2.45) is 0 Å². The Balaban J connectivity index is 1.46. The van der Waals surface area contributed by atoms with Crippen molar-refractivity contribution in [3.63, 3.8) is 0 Å². The third-order valence-corrected chi connectivity index (χ3v) is 6.15. The van der Waals surface area contributed by atoms with Gasteiger partial charge in [-0.05, 0) is 36.2 Å². The molecule has 1 aromatic heterocycles. The summed E-state index contributed by atoms with van der Waals surface area (Å²) in [5, 5.41) is 3.45. The summed E-state index contributed by atoms with van der Waals surface area (Å²) >= 11 is 6.98. The molecule has 1 aromatic carbocycles. The van der Waals surface area contributed by atoms with Gasteiger partial charge in [-0.2, -0.15) is 0 Å². The highest BCUT2D eigenvalue weighted by molar-refractivity contribution is 8.23. The van der Waals surface area contributed by atoms with E-state index in [1.165, 1.54) is 25.0 Å². The van der Waals surface area contributed by atoms with Gasteiger partial charge in [0.1, 0.15) is 15.9 Å². The minimum absolute atomic E-state index is 0.132. The summed E-state index contributed by atoms with van der Waals surface area (Å²) in [6.45, 7) is 4.25. The molecule has 5 nitrogen and oxygen atoms in total. The number of pyridine rings is 1. The summed E-state index contributed by atoms with van der Waals surface area (Å²) in [5.41, 5.74) is 0.931. The number of ether oxygens (including phenoxy) is 1. The van der Waals surface area contributed by atoms with Gasteiger partial charge in [-0.25, -0.2) is 9.37 Å². The number of aromatic nitrogens is 1. The Labute approximate surface area is 186 Å². The summed E-state index contributed by atoms with van der Waals surface area (Å²) in [4.78, 5) is 18.5. The number of nitrogens with zero attached hydrogens (tertiary/aromatic N) is 2. The maximum absolute atomic E-state index is 13.0. The van der Waals surface area contributed by atoms with E-state index in [-0.39, 0.29) is 17.0 Å². The van der Waals surface area contributed by atoms with E-state index >= 15 is 0 Å². The van der Waals surface area contributed by atoms with Crippen LogP contribution in [-0.4, -0.2) is 38.5 Å². The number of benzene rings is 1. The molecule has 1 amide bonds. The van der Waals surface area contributed by atoms with Gasteiger partial charge in [0.15, 0.2) is 0 Å². The first-order chi connectivity index (χ1) is 14.5. The summed E-state index contributed by atoms with van der Waals surface area (Å²) in [6.07, 6.45) is 5.69. The van der Waals surface area contributed by atoms with E-state index < -0.39 is 0 Å². The zero-order chi connectivity index (χ0) is 21.3. The van der Waals surface area contributed by atoms with Gasteiger partial charge in [0.2, 0.25) is 11.8 Å². The predicted molar refractivity (Wildman–Crippen MR) is 122 cm³/mol. The van der Waals surface area contributed by atoms with Gasteiger partial charge in [0.05, 0.1) is 0 Å². The van der Waals surface area contributed by atoms with Crippen LogP contribution >= 0.6 is 24.0 Å². The molecule has 160 valence electrons. The fourth-order valence-corrected chi connectivity index (χ4v) is 4.61. The molecule has 0 radical (unpaired) electrons. The second-order valence-electron chi connectivity index (χ2n) is 7.20. The number of amides is 1. The predicted octanol–water partition coefficient (Wildman–Crippen LogP) is 4.91. The summed E-state index contributed by atoms with van der Waals surface area (Å²) in [5.74, 6) is 0.759. The number of halogens is 1. The molecule has 0 bridgehead atoms. The number of hydrogen-bond donors (Lipinski definition) is 1. The fraction of sp³-hybridized carbons (Fsp3) is 0.409. The molecule has 1 aliphatic rings. The molecule has 1 fully saturated rings. The van der Waals surface area contributed by atoms with E-state index in [2.05, 4.69) is 17.2 Å². The normalized spacial score (nSPS) is 16.0. The van der Waals surface area contributed by atoms with Crippen LogP contribution in [0.2, 0.25) is 0 Å². The van der Waals surface area contributed by atoms with Crippen LogP contribution in [0.1, 0.15) is 38.2 Å². The third-order valence-electron chi connectivity index (χ3n) is 4.71. The lowest BCUT2D eigenvalue weighted by Crippen LogP contribution is -2.26. The lowest BCUT2D eigenvalue weighted by Gasteiger charge is -2.17. The summed E-state index contributed by atoms with van der Waals surface area (Å²) < 4.78 is 19.3. The Morgan fingerprint density at radius 1 is 1.30 bits per heavy atom. The van der Waals surface area contributed by atoms with Gasteiger partial charge in [-0.1, -0.05) is 49.8 Å². The van der Waals surface area contributed by atoms with Crippen LogP contribution in [0.3, 0.4) is 0 Å². The van der Waals surface area contributed by atoms with Crippen LogP contribution in [0, 0.1) is 5.82 Å². The Morgan fingerprint density at radius 3 is 2.80 bits per heavy atom. The smallest absolute Gasteiger partial charge is 0.224 e. The van der Waals surface area contributed by atoms with Crippen LogP contribution in [-0.2, 0) is 11.3 Å². The summed E-state index contributed by atoms with van der Waals surface area (Å²) in [7, 11) is 0. The molecule has 0 unspecified atom stereocenters. The number of thiocarbonyl (C=S) groups is 1. The first-order valence-corrected chi connectivity index (χ1v) is 11.4. The van der Waals surface area contributed by atoms with Crippen LogP contribution in [0.4, 0.5) is 4.39 Å². The number of thioether (sulfide) groups is 1. The van der Waals surface area contributed by atoms with Crippen molar-refractivity contribution in [2.75, 3.05) is 13.1 Å². The number of rotatable bonds is 9.